The maximum absolute atomic E-state index is 5.51. The number of hydrogen-bond acceptors (Lipinski definition) is 2. The predicted molar refractivity (Wildman–Crippen MR) is 60.6 cm³/mol. The summed E-state index contributed by atoms with van der Waals surface area (Å²) >= 11 is 3.40. The number of methoxy groups -OCH3 is 1. The van der Waals surface area contributed by atoms with E-state index in [1.807, 2.05) is 32.0 Å². The quantitative estimate of drug-likeness (QED) is 0.825. The molecule has 0 saturated carbocycles. The first-order chi connectivity index (χ1) is 6.63. The van der Waals surface area contributed by atoms with Gasteiger partial charge in [0.1, 0.15) is 5.75 Å². The molecule has 0 amide bonds. The van der Waals surface area contributed by atoms with E-state index in [4.69, 9.17) is 9.47 Å². The lowest BCUT2D eigenvalue weighted by molar-refractivity contribution is 0.0644. The van der Waals surface area contributed by atoms with Crippen molar-refractivity contribution >= 4 is 15.9 Å². The average Bonchev–Trinajstić information content (AvgIpc) is 2.15. The third-order valence-electron chi connectivity index (χ3n) is 1.82. The van der Waals surface area contributed by atoms with Crippen LogP contribution in [-0.4, -0.2) is 13.2 Å². The molecule has 0 bridgehead atoms. The van der Waals surface area contributed by atoms with Gasteiger partial charge in [0.25, 0.3) is 0 Å². The fourth-order valence-electron chi connectivity index (χ4n) is 1.09. The molecule has 3 heteroatoms. The molecule has 0 aromatic heterocycles. The normalized spacial score (nSPS) is 10.6. The van der Waals surface area contributed by atoms with E-state index in [0.717, 1.165) is 15.8 Å². The topological polar surface area (TPSA) is 18.5 Å². The molecular weight excluding hydrogens is 244 g/mol. The highest BCUT2D eigenvalue weighted by Crippen LogP contribution is 2.24. The molecular formula is C11H15BrO2. The van der Waals surface area contributed by atoms with Crippen molar-refractivity contribution in [3.8, 4) is 5.75 Å². The zero-order valence-electron chi connectivity index (χ0n) is 8.71. The van der Waals surface area contributed by atoms with Gasteiger partial charge >= 0.3 is 0 Å². The highest BCUT2D eigenvalue weighted by atomic mass is 79.9. The van der Waals surface area contributed by atoms with Gasteiger partial charge in [-0.25, -0.2) is 0 Å². The fraction of sp³-hybridized carbons (Fsp3) is 0.455. The number of rotatable bonds is 4. The minimum absolute atomic E-state index is 0.239. The second-order valence-electron chi connectivity index (χ2n) is 3.32. The van der Waals surface area contributed by atoms with Crippen molar-refractivity contribution in [3.63, 3.8) is 0 Å². The van der Waals surface area contributed by atoms with E-state index < -0.39 is 0 Å². The molecule has 0 saturated heterocycles. The van der Waals surface area contributed by atoms with Crippen LogP contribution in [0.5, 0.6) is 5.75 Å². The molecule has 0 N–H and O–H groups in total. The third kappa shape index (κ3) is 3.31. The first kappa shape index (κ1) is 11.5. The van der Waals surface area contributed by atoms with Crippen molar-refractivity contribution in [2.24, 2.45) is 0 Å². The molecule has 1 aromatic carbocycles. The van der Waals surface area contributed by atoms with Crippen LogP contribution >= 0.6 is 15.9 Å². The van der Waals surface area contributed by atoms with Gasteiger partial charge in [-0.1, -0.05) is 22.0 Å². The zero-order chi connectivity index (χ0) is 10.6. The summed E-state index contributed by atoms with van der Waals surface area (Å²) < 4.78 is 11.8. The van der Waals surface area contributed by atoms with E-state index in [1.165, 1.54) is 0 Å². The van der Waals surface area contributed by atoms with Crippen LogP contribution in [0.1, 0.15) is 19.4 Å². The molecule has 0 unspecified atom stereocenters. The minimum atomic E-state index is 0.239. The van der Waals surface area contributed by atoms with E-state index in [9.17, 15) is 0 Å². The van der Waals surface area contributed by atoms with E-state index in [1.54, 1.807) is 7.11 Å². The van der Waals surface area contributed by atoms with Crippen molar-refractivity contribution in [3.05, 3.63) is 28.2 Å². The molecule has 1 aromatic rings. The summed E-state index contributed by atoms with van der Waals surface area (Å²) in [4.78, 5) is 0. The summed E-state index contributed by atoms with van der Waals surface area (Å²) in [6.07, 6.45) is 0.239. The standard InChI is InChI=1S/C11H15BrO2/c1-8(2)14-7-9-4-5-10(12)6-11(9)13-3/h4-6,8H,7H2,1-3H3. The summed E-state index contributed by atoms with van der Waals surface area (Å²) in [5, 5.41) is 0. The Morgan fingerprint density at radius 3 is 2.64 bits per heavy atom. The fourth-order valence-corrected chi connectivity index (χ4v) is 1.43. The van der Waals surface area contributed by atoms with Crippen LogP contribution in [0.2, 0.25) is 0 Å². The monoisotopic (exact) mass is 258 g/mol. The average molecular weight is 259 g/mol. The number of hydrogen-bond donors (Lipinski definition) is 0. The zero-order valence-corrected chi connectivity index (χ0v) is 10.3. The highest BCUT2D eigenvalue weighted by Gasteiger charge is 2.04. The maximum atomic E-state index is 5.51. The summed E-state index contributed by atoms with van der Waals surface area (Å²) in [6.45, 7) is 4.63. The van der Waals surface area contributed by atoms with Gasteiger partial charge in [-0.05, 0) is 26.0 Å². The van der Waals surface area contributed by atoms with Gasteiger partial charge in [0, 0.05) is 10.0 Å². The lowest BCUT2D eigenvalue weighted by Gasteiger charge is -2.11. The Morgan fingerprint density at radius 1 is 1.36 bits per heavy atom. The molecule has 2 nitrogen and oxygen atoms in total. The first-order valence-corrected chi connectivity index (χ1v) is 5.37. The molecule has 0 heterocycles. The Balaban J connectivity index is 2.75. The second-order valence-corrected chi connectivity index (χ2v) is 4.23. The molecule has 0 radical (unpaired) electrons. The van der Waals surface area contributed by atoms with Crippen LogP contribution in [0.25, 0.3) is 0 Å². The summed E-state index contributed by atoms with van der Waals surface area (Å²) in [7, 11) is 1.67. The molecule has 0 spiro atoms. The molecule has 0 fully saturated rings. The molecule has 78 valence electrons. The van der Waals surface area contributed by atoms with Gasteiger partial charge in [0.15, 0.2) is 0 Å². The summed E-state index contributed by atoms with van der Waals surface area (Å²) in [5.74, 6) is 0.861. The predicted octanol–water partition coefficient (Wildman–Crippen LogP) is 3.38. The van der Waals surface area contributed by atoms with Crippen molar-refractivity contribution in [2.45, 2.75) is 26.6 Å². The molecule has 0 aliphatic heterocycles. The summed E-state index contributed by atoms with van der Waals surface area (Å²) in [5.41, 5.74) is 1.07. The molecule has 0 aliphatic rings. The third-order valence-corrected chi connectivity index (χ3v) is 2.31. The van der Waals surface area contributed by atoms with Crippen LogP contribution in [-0.2, 0) is 11.3 Å². The maximum Gasteiger partial charge on any atom is 0.125 e. The van der Waals surface area contributed by atoms with Gasteiger partial charge in [0.05, 0.1) is 19.8 Å². The number of halogens is 1. The lowest BCUT2D eigenvalue weighted by atomic mass is 10.2. The van der Waals surface area contributed by atoms with Crippen molar-refractivity contribution in [1.29, 1.82) is 0 Å². The van der Waals surface area contributed by atoms with Crippen LogP contribution in [0.15, 0.2) is 22.7 Å². The molecule has 0 aliphatic carbocycles. The number of ether oxygens (including phenoxy) is 2. The molecule has 0 atom stereocenters. The molecule has 1 rings (SSSR count). The van der Waals surface area contributed by atoms with Crippen molar-refractivity contribution in [2.75, 3.05) is 7.11 Å². The van der Waals surface area contributed by atoms with Crippen molar-refractivity contribution in [1.82, 2.24) is 0 Å². The smallest absolute Gasteiger partial charge is 0.125 e. The molecule has 14 heavy (non-hydrogen) atoms. The highest BCUT2D eigenvalue weighted by molar-refractivity contribution is 9.10. The Kier molecular flexibility index (Phi) is 4.42. The van der Waals surface area contributed by atoms with Gasteiger partial charge in [-0.2, -0.15) is 0 Å². The first-order valence-electron chi connectivity index (χ1n) is 4.57. The van der Waals surface area contributed by atoms with Crippen molar-refractivity contribution < 1.29 is 9.47 Å². The van der Waals surface area contributed by atoms with Gasteiger partial charge in [-0.15, -0.1) is 0 Å². The van der Waals surface area contributed by atoms with E-state index in [-0.39, 0.29) is 6.10 Å². The lowest BCUT2D eigenvalue weighted by Crippen LogP contribution is -2.03. The van der Waals surface area contributed by atoms with Crippen LogP contribution < -0.4 is 4.74 Å². The van der Waals surface area contributed by atoms with Gasteiger partial charge < -0.3 is 9.47 Å². The number of benzene rings is 1. The van der Waals surface area contributed by atoms with E-state index in [2.05, 4.69) is 15.9 Å². The Morgan fingerprint density at radius 2 is 2.07 bits per heavy atom. The van der Waals surface area contributed by atoms with Gasteiger partial charge in [-0.3, -0.25) is 0 Å². The second kappa shape index (κ2) is 5.37. The Labute approximate surface area is 93.4 Å². The van der Waals surface area contributed by atoms with E-state index in [0.29, 0.717) is 6.61 Å². The van der Waals surface area contributed by atoms with E-state index >= 15 is 0 Å². The summed E-state index contributed by atoms with van der Waals surface area (Å²) in [6, 6.07) is 5.94. The van der Waals surface area contributed by atoms with Crippen LogP contribution in [0, 0.1) is 0 Å². The minimum Gasteiger partial charge on any atom is -0.496 e. The van der Waals surface area contributed by atoms with Crippen LogP contribution in [0.3, 0.4) is 0 Å². The largest absolute Gasteiger partial charge is 0.496 e. The van der Waals surface area contributed by atoms with Crippen LogP contribution in [0.4, 0.5) is 0 Å². The SMILES string of the molecule is COc1cc(Br)ccc1COC(C)C. The Bertz CT molecular complexity index is 297. The Hall–Kier alpha value is -0.540. The van der Waals surface area contributed by atoms with Gasteiger partial charge in [0.2, 0.25) is 0 Å².